The van der Waals surface area contributed by atoms with E-state index >= 15 is 0 Å². The molecule has 1 unspecified atom stereocenters. The Bertz CT molecular complexity index is 630. The summed E-state index contributed by atoms with van der Waals surface area (Å²) in [7, 11) is 0. The van der Waals surface area contributed by atoms with Crippen molar-refractivity contribution >= 4 is 22.8 Å². The summed E-state index contributed by atoms with van der Waals surface area (Å²) in [6, 6.07) is 6.06. The molecule has 98 valence electrons. The van der Waals surface area contributed by atoms with Gasteiger partial charge in [-0.15, -0.1) is 6.58 Å². The predicted octanol–water partition coefficient (Wildman–Crippen LogP) is 1.93. The lowest BCUT2D eigenvalue weighted by atomic mass is 10.1. The summed E-state index contributed by atoms with van der Waals surface area (Å²) in [6.45, 7) is 3.48. The summed E-state index contributed by atoms with van der Waals surface area (Å²) in [5.41, 5.74) is 1.36. The number of fused-ring (bicyclic) bond motifs is 1. The van der Waals surface area contributed by atoms with Gasteiger partial charge in [0.15, 0.2) is 0 Å². The first-order chi connectivity index (χ1) is 9.11. The van der Waals surface area contributed by atoms with Crippen molar-refractivity contribution in [1.29, 1.82) is 0 Å². The van der Waals surface area contributed by atoms with E-state index in [0.717, 1.165) is 10.9 Å². The Balaban J connectivity index is 2.18. The summed E-state index contributed by atoms with van der Waals surface area (Å²) >= 11 is 0. The standard InChI is InChI=1S/C14H14N2O3/c1-2-3-12(14(18)19)16-13(17)10-4-5-11-9(8-10)6-7-15-11/h2,4-8,12,15H,1,3H2,(H,16,17)(H,18,19). The van der Waals surface area contributed by atoms with Gasteiger partial charge in [-0.1, -0.05) is 6.08 Å². The van der Waals surface area contributed by atoms with Gasteiger partial charge in [-0.25, -0.2) is 4.79 Å². The maximum absolute atomic E-state index is 12.0. The minimum Gasteiger partial charge on any atom is -0.480 e. The van der Waals surface area contributed by atoms with Crippen LogP contribution >= 0.6 is 0 Å². The van der Waals surface area contributed by atoms with Gasteiger partial charge in [0.25, 0.3) is 5.91 Å². The van der Waals surface area contributed by atoms with Crippen LogP contribution in [-0.4, -0.2) is 28.0 Å². The van der Waals surface area contributed by atoms with Gasteiger partial charge in [0, 0.05) is 22.7 Å². The van der Waals surface area contributed by atoms with Crippen molar-refractivity contribution in [3.8, 4) is 0 Å². The molecule has 0 saturated heterocycles. The zero-order valence-electron chi connectivity index (χ0n) is 10.2. The Morgan fingerprint density at radius 3 is 2.89 bits per heavy atom. The molecule has 2 rings (SSSR count). The molecule has 0 aliphatic carbocycles. The first-order valence-electron chi connectivity index (χ1n) is 5.83. The van der Waals surface area contributed by atoms with E-state index in [2.05, 4.69) is 16.9 Å². The van der Waals surface area contributed by atoms with E-state index in [1.807, 2.05) is 6.07 Å². The number of aliphatic carboxylic acids is 1. The Morgan fingerprint density at radius 2 is 2.21 bits per heavy atom. The number of amides is 1. The quantitative estimate of drug-likeness (QED) is 0.717. The van der Waals surface area contributed by atoms with Gasteiger partial charge >= 0.3 is 5.97 Å². The monoisotopic (exact) mass is 258 g/mol. The van der Waals surface area contributed by atoms with Crippen LogP contribution in [0.3, 0.4) is 0 Å². The van der Waals surface area contributed by atoms with E-state index in [1.54, 1.807) is 24.4 Å². The number of carbonyl (C=O) groups is 2. The maximum atomic E-state index is 12.0. The highest BCUT2D eigenvalue weighted by atomic mass is 16.4. The molecule has 3 N–H and O–H groups in total. The summed E-state index contributed by atoms with van der Waals surface area (Å²) in [6.07, 6.45) is 3.44. The third-order valence-electron chi connectivity index (χ3n) is 2.82. The Morgan fingerprint density at radius 1 is 1.42 bits per heavy atom. The van der Waals surface area contributed by atoms with E-state index in [1.165, 1.54) is 6.08 Å². The number of H-pyrrole nitrogens is 1. The van der Waals surface area contributed by atoms with Gasteiger partial charge < -0.3 is 15.4 Å². The van der Waals surface area contributed by atoms with E-state index in [9.17, 15) is 9.59 Å². The molecular weight excluding hydrogens is 244 g/mol. The molecule has 0 saturated carbocycles. The van der Waals surface area contributed by atoms with E-state index in [4.69, 9.17) is 5.11 Å². The topological polar surface area (TPSA) is 82.2 Å². The molecule has 2 aromatic rings. The van der Waals surface area contributed by atoms with Crippen LogP contribution in [0.15, 0.2) is 43.1 Å². The lowest BCUT2D eigenvalue weighted by molar-refractivity contribution is -0.139. The van der Waals surface area contributed by atoms with Gasteiger partial charge in [-0.2, -0.15) is 0 Å². The predicted molar refractivity (Wildman–Crippen MR) is 72.0 cm³/mol. The smallest absolute Gasteiger partial charge is 0.326 e. The largest absolute Gasteiger partial charge is 0.480 e. The van der Waals surface area contributed by atoms with Crippen molar-refractivity contribution in [3.63, 3.8) is 0 Å². The molecule has 0 radical (unpaired) electrons. The minimum absolute atomic E-state index is 0.188. The second kappa shape index (κ2) is 5.39. The number of carbonyl (C=O) groups excluding carboxylic acids is 1. The molecule has 0 fully saturated rings. The molecule has 5 heteroatoms. The number of rotatable bonds is 5. The van der Waals surface area contributed by atoms with Gasteiger partial charge in [0.05, 0.1) is 0 Å². The van der Waals surface area contributed by atoms with Crippen LogP contribution in [0.5, 0.6) is 0 Å². The molecule has 1 amide bonds. The normalized spacial score (nSPS) is 12.0. The lowest BCUT2D eigenvalue weighted by Gasteiger charge is -2.12. The Hall–Kier alpha value is -2.56. The van der Waals surface area contributed by atoms with Crippen molar-refractivity contribution < 1.29 is 14.7 Å². The highest BCUT2D eigenvalue weighted by molar-refractivity contribution is 5.99. The molecule has 1 heterocycles. The first kappa shape index (κ1) is 12.9. The SMILES string of the molecule is C=CCC(NC(=O)c1ccc2[nH]ccc2c1)C(=O)O. The average molecular weight is 258 g/mol. The van der Waals surface area contributed by atoms with Crippen LogP contribution in [0.2, 0.25) is 0 Å². The molecule has 1 atom stereocenters. The fourth-order valence-corrected chi connectivity index (χ4v) is 1.82. The summed E-state index contributed by atoms with van der Waals surface area (Å²) < 4.78 is 0. The molecule has 1 aromatic carbocycles. The van der Waals surface area contributed by atoms with Gasteiger partial charge in [-0.3, -0.25) is 4.79 Å². The summed E-state index contributed by atoms with van der Waals surface area (Å²) in [5, 5.41) is 12.3. The minimum atomic E-state index is -1.07. The summed E-state index contributed by atoms with van der Waals surface area (Å²) in [5.74, 6) is -1.48. The Kier molecular flexibility index (Phi) is 3.66. The second-order valence-corrected chi connectivity index (χ2v) is 4.17. The average Bonchev–Trinajstić information content (AvgIpc) is 2.85. The van der Waals surface area contributed by atoms with Crippen LogP contribution in [0.1, 0.15) is 16.8 Å². The molecule has 0 bridgehead atoms. The maximum Gasteiger partial charge on any atom is 0.326 e. The number of hydrogen-bond acceptors (Lipinski definition) is 2. The van der Waals surface area contributed by atoms with Crippen molar-refractivity contribution in [1.82, 2.24) is 10.3 Å². The second-order valence-electron chi connectivity index (χ2n) is 4.17. The van der Waals surface area contributed by atoms with Crippen molar-refractivity contribution in [3.05, 3.63) is 48.7 Å². The van der Waals surface area contributed by atoms with E-state index < -0.39 is 17.9 Å². The fraction of sp³-hybridized carbons (Fsp3) is 0.143. The molecule has 0 spiro atoms. The van der Waals surface area contributed by atoms with Gasteiger partial charge in [0.1, 0.15) is 6.04 Å². The van der Waals surface area contributed by atoms with Crippen LogP contribution in [0, 0.1) is 0 Å². The van der Waals surface area contributed by atoms with Crippen molar-refractivity contribution in [2.75, 3.05) is 0 Å². The highest BCUT2D eigenvalue weighted by Gasteiger charge is 2.19. The van der Waals surface area contributed by atoms with Crippen molar-refractivity contribution in [2.24, 2.45) is 0 Å². The fourth-order valence-electron chi connectivity index (χ4n) is 1.82. The molecule has 1 aromatic heterocycles. The number of carboxylic acid groups (broad SMARTS) is 1. The number of aromatic nitrogens is 1. The van der Waals surface area contributed by atoms with E-state index in [0.29, 0.717) is 5.56 Å². The lowest BCUT2D eigenvalue weighted by Crippen LogP contribution is -2.40. The Labute approximate surface area is 109 Å². The van der Waals surface area contributed by atoms with Gasteiger partial charge in [-0.05, 0) is 30.7 Å². The van der Waals surface area contributed by atoms with Crippen LogP contribution in [-0.2, 0) is 4.79 Å². The first-order valence-corrected chi connectivity index (χ1v) is 5.83. The van der Waals surface area contributed by atoms with Gasteiger partial charge in [0.2, 0.25) is 0 Å². The zero-order chi connectivity index (χ0) is 13.8. The van der Waals surface area contributed by atoms with Crippen LogP contribution in [0.25, 0.3) is 10.9 Å². The number of benzene rings is 1. The zero-order valence-corrected chi connectivity index (χ0v) is 10.2. The number of hydrogen-bond donors (Lipinski definition) is 3. The van der Waals surface area contributed by atoms with E-state index in [-0.39, 0.29) is 6.42 Å². The highest BCUT2D eigenvalue weighted by Crippen LogP contribution is 2.14. The van der Waals surface area contributed by atoms with Crippen LogP contribution in [0.4, 0.5) is 0 Å². The number of aromatic amines is 1. The van der Waals surface area contributed by atoms with Crippen LogP contribution < -0.4 is 5.32 Å². The number of nitrogens with one attached hydrogen (secondary N) is 2. The molecule has 0 aliphatic heterocycles. The number of carboxylic acids is 1. The summed E-state index contributed by atoms with van der Waals surface area (Å²) in [4.78, 5) is 26.0. The third-order valence-corrected chi connectivity index (χ3v) is 2.82. The molecule has 0 aliphatic rings. The third kappa shape index (κ3) is 2.82. The molecule has 19 heavy (non-hydrogen) atoms. The van der Waals surface area contributed by atoms with Crippen molar-refractivity contribution in [2.45, 2.75) is 12.5 Å². The molecular formula is C14H14N2O3. The molecule has 5 nitrogen and oxygen atoms in total.